The Bertz CT molecular complexity index is 796. The first-order valence-electron chi connectivity index (χ1n) is 7.09. The van der Waals surface area contributed by atoms with Gasteiger partial charge < -0.3 is 18.6 Å². The van der Waals surface area contributed by atoms with Crippen molar-refractivity contribution in [2.45, 2.75) is 6.92 Å². The summed E-state index contributed by atoms with van der Waals surface area (Å²) in [6.45, 7) is 2.56. The van der Waals surface area contributed by atoms with Gasteiger partial charge in [-0.1, -0.05) is 0 Å². The number of nitrogens with zero attached hydrogens (tertiary/aromatic N) is 2. The minimum absolute atomic E-state index is 0.602. The summed E-state index contributed by atoms with van der Waals surface area (Å²) in [6.07, 6.45) is 3.90. The highest BCUT2D eigenvalue weighted by molar-refractivity contribution is 5.72. The van der Waals surface area contributed by atoms with Crippen molar-refractivity contribution in [2.75, 3.05) is 20.8 Å². The van der Waals surface area contributed by atoms with Crippen molar-refractivity contribution in [3.8, 4) is 28.5 Å². The first kappa shape index (κ1) is 14.3. The van der Waals surface area contributed by atoms with E-state index >= 15 is 0 Å². The topological polar surface area (TPSA) is 45.0 Å². The molecule has 0 N–H and O–H groups in total. The van der Waals surface area contributed by atoms with Gasteiger partial charge in [-0.05, 0) is 37.3 Å². The summed E-state index contributed by atoms with van der Waals surface area (Å²) in [6, 6.07) is 9.51. The molecule has 0 radical (unpaired) electrons. The van der Waals surface area contributed by atoms with E-state index in [0.29, 0.717) is 6.61 Å². The molecule has 3 aromatic rings. The number of ether oxygens (including phenoxy) is 3. The number of methoxy groups -OCH3 is 2. The first-order valence-corrected chi connectivity index (χ1v) is 7.09. The van der Waals surface area contributed by atoms with Gasteiger partial charge in [0.25, 0.3) is 0 Å². The Morgan fingerprint density at radius 1 is 1.09 bits per heavy atom. The molecule has 0 aliphatic heterocycles. The molecule has 0 spiro atoms. The molecule has 0 bridgehead atoms. The predicted octanol–water partition coefficient (Wildman–Crippen LogP) is 3.42. The molecule has 0 atom stereocenters. The number of aromatic nitrogens is 2. The van der Waals surface area contributed by atoms with Gasteiger partial charge in [0.05, 0.1) is 26.5 Å². The molecule has 0 aliphatic rings. The van der Waals surface area contributed by atoms with E-state index in [1.807, 2.05) is 54.0 Å². The number of hydrogen-bond donors (Lipinski definition) is 0. The van der Waals surface area contributed by atoms with Crippen LogP contribution in [0.15, 0.2) is 42.7 Å². The number of rotatable bonds is 5. The molecule has 2 heterocycles. The number of benzene rings is 1. The first-order chi connectivity index (χ1) is 10.8. The lowest BCUT2D eigenvalue weighted by Gasteiger charge is -2.08. The van der Waals surface area contributed by atoms with Gasteiger partial charge in [-0.3, -0.25) is 0 Å². The molecule has 0 saturated heterocycles. The number of pyridine rings is 1. The van der Waals surface area contributed by atoms with Crippen LogP contribution in [0.4, 0.5) is 0 Å². The SMILES string of the molecule is CCOc1cccn2cc(-c3cc(OC)ccc3OC)nc12. The van der Waals surface area contributed by atoms with E-state index in [2.05, 4.69) is 4.98 Å². The van der Waals surface area contributed by atoms with Crippen LogP contribution in [0.3, 0.4) is 0 Å². The number of hydrogen-bond acceptors (Lipinski definition) is 4. The Balaban J connectivity index is 2.16. The molecule has 0 aliphatic carbocycles. The third-order valence-corrected chi connectivity index (χ3v) is 3.43. The lowest BCUT2D eigenvalue weighted by molar-refractivity contribution is 0.342. The Kier molecular flexibility index (Phi) is 3.87. The van der Waals surface area contributed by atoms with Crippen molar-refractivity contribution in [1.29, 1.82) is 0 Å². The number of imidazole rings is 1. The predicted molar refractivity (Wildman–Crippen MR) is 84.9 cm³/mol. The Hall–Kier alpha value is -2.69. The zero-order valence-corrected chi connectivity index (χ0v) is 12.9. The quantitative estimate of drug-likeness (QED) is 0.724. The lowest BCUT2D eigenvalue weighted by atomic mass is 10.1. The van der Waals surface area contributed by atoms with Crippen LogP contribution >= 0.6 is 0 Å². The van der Waals surface area contributed by atoms with Gasteiger partial charge >= 0.3 is 0 Å². The molecule has 114 valence electrons. The monoisotopic (exact) mass is 298 g/mol. The van der Waals surface area contributed by atoms with Crippen LogP contribution in [0.5, 0.6) is 17.2 Å². The van der Waals surface area contributed by atoms with Crippen molar-refractivity contribution < 1.29 is 14.2 Å². The van der Waals surface area contributed by atoms with Crippen LogP contribution in [0.25, 0.3) is 16.9 Å². The van der Waals surface area contributed by atoms with E-state index in [9.17, 15) is 0 Å². The van der Waals surface area contributed by atoms with Gasteiger partial charge in [-0.25, -0.2) is 4.98 Å². The van der Waals surface area contributed by atoms with Gasteiger partial charge in [0.1, 0.15) is 11.5 Å². The third-order valence-electron chi connectivity index (χ3n) is 3.43. The molecule has 1 aromatic carbocycles. The highest BCUT2D eigenvalue weighted by Gasteiger charge is 2.13. The maximum absolute atomic E-state index is 5.63. The molecule has 0 saturated carbocycles. The molecule has 0 amide bonds. The van der Waals surface area contributed by atoms with E-state index in [0.717, 1.165) is 34.2 Å². The van der Waals surface area contributed by atoms with E-state index in [1.54, 1.807) is 14.2 Å². The molecule has 22 heavy (non-hydrogen) atoms. The maximum atomic E-state index is 5.63. The zero-order chi connectivity index (χ0) is 15.5. The molecule has 0 unspecified atom stereocenters. The van der Waals surface area contributed by atoms with Crippen LogP contribution in [0, 0.1) is 0 Å². The molecular weight excluding hydrogens is 280 g/mol. The zero-order valence-electron chi connectivity index (χ0n) is 12.9. The average Bonchev–Trinajstić information content (AvgIpc) is 2.99. The highest BCUT2D eigenvalue weighted by Crippen LogP contribution is 2.34. The molecule has 3 rings (SSSR count). The second kappa shape index (κ2) is 5.97. The van der Waals surface area contributed by atoms with Gasteiger partial charge in [0, 0.05) is 18.0 Å². The van der Waals surface area contributed by atoms with Crippen molar-refractivity contribution in [1.82, 2.24) is 9.38 Å². The van der Waals surface area contributed by atoms with Crippen LogP contribution in [-0.2, 0) is 0 Å². The Morgan fingerprint density at radius 2 is 1.95 bits per heavy atom. The second-order valence-electron chi connectivity index (χ2n) is 4.73. The fourth-order valence-corrected chi connectivity index (χ4v) is 2.40. The summed E-state index contributed by atoms with van der Waals surface area (Å²) in [5.41, 5.74) is 2.47. The fourth-order valence-electron chi connectivity index (χ4n) is 2.40. The Labute approximate surface area is 129 Å². The number of fused-ring (bicyclic) bond motifs is 1. The maximum Gasteiger partial charge on any atom is 0.180 e. The third kappa shape index (κ3) is 2.45. The van der Waals surface area contributed by atoms with Gasteiger partial charge in [-0.2, -0.15) is 0 Å². The molecular formula is C17H18N2O3. The minimum atomic E-state index is 0.602. The van der Waals surface area contributed by atoms with Gasteiger partial charge in [-0.15, -0.1) is 0 Å². The van der Waals surface area contributed by atoms with Crippen LogP contribution < -0.4 is 14.2 Å². The average molecular weight is 298 g/mol. The van der Waals surface area contributed by atoms with Crippen molar-refractivity contribution in [3.63, 3.8) is 0 Å². The van der Waals surface area contributed by atoms with E-state index in [1.165, 1.54) is 0 Å². The Morgan fingerprint density at radius 3 is 2.68 bits per heavy atom. The van der Waals surface area contributed by atoms with Crippen molar-refractivity contribution in [3.05, 3.63) is 42.7 Å². The fraction of sp³-hybridized carbons (Fsp3) is 0.235. The lowest BCUT2D eigenvalue weighted by Crippen LogP contribution is -1.94. The largest absolute Gasteiger partial charge is 0.497 e. The smallest absolute Gasteiger partial charge is 0.180 e. The normalized spacial score (nSPS) is 10.7. The van der Waals surface area contributed by atoms with Crippen LogP contribution in [0.2, 0.25) is 0 Å². The summed E-state index contributed by atoms with van der Waals surface area (Å²) >= 11 is 0. The van der Waals surface area contributed by atoms with Crippen molar-refractivity contribution in [2.24, 2.45) is 0 Å². The highest BCUT2D eigenvalue weighted by atomic mass is 16.5. The summed E-state index contributed by atoms with van der Waals surface area (Å²) in [5, 5.41) is 0. The molecule has 5 nitrogen and oxygen atoms in total. The van der Waals surface area contributed by atoms with E-state index < -0.39 is 0 Å². The molecule has 2 aromatic heterocycles. The molecule has 0 fully saturated rings. The summed E-state index contributed by atoms with van der Waals surface area (Å²) in [5.74, 6) is 2.28. The second-order valence-corrected chi connectivity index (χ2v) is 4.73. The summed E-state index contributed by atoms with van der Waals surface area (Å²) in [7, 11) is 3.29. The minimum Gasteiger partial charge on any atom is -0.497 e. The molecule has 5 heteroatoms. The summed E-state index contributed by atoms with van der Waals surface area (Å²) in [4.78, 5) is 4.69. The van der Waals surface area contributed by atoms with Crippen molar-refractivity contribution >= 4 is 5.65 Å². The standard InChI is InChI=1S/C17H18N2O3/c1-4-22-16-6-5-9-19-11-14(18-17(16)19)13-10-12(20-2)7-8-15(13)21-3/h5-11H,4H2,1-3H3. The van der Waals surface area contributed by atoms with Gasteiger partial charge in [0.2, 0.25) is 0 Å². The van der Waals surface area contributed by atoms with E-state index in [-0.39, 0.29) is 0 Å². The van der Waals surface area contributed by atoms with Crippen LogP contribution in [0.1, 0.15) is 6.92 Å². The summed E-state index contributed by atoms with van der Waals surface area (Å²) < 4.78 is 18.3. The van der Waals surface area contributed by atoms with Gasteiger partial charge in [0.15, 0.2) is 11.4 Å². The van der Waals surface area contributed by atoms with Crippen LogP contribution in [-0.4, -0.2) is 30.2 Å². The van der Waals surface area contributed by atoms with E-state index in [4.69, 9.17) is 14.2 Å².